The van der Waals surface area contributed by atoms with Gasteiger partial charge in [0.1, 0.15) is 0 Å². The summed E-state index contributed by atoms with van der Waals surface area (Å²) in [4.78, 5) is 25.7. The second-order valence-electron chi connectivity index (χ2n) is 4.86. The van der Waals surface area contributed by atoms with Crippen molar-refractivity contribution in [2.75, 3.05) is 29.9 Å². The van der Waals surface area contributed by atoms with E-state index in [4.69, 9.17) is 0 Å². The smallest absolute Gasteiger partial charge is 0.253 e. The molecule has 0 unspecified atom stereocenters. The molecule has 0 radical (unpaired) electrons. The van der Waals surface area contributed by atoms with E-state index in [2.05, 4.69) is 5.32 Å². The lowest BCUT2D eigenvalue weighted by molar-refractivity contribution is -0.115. The van der Waals surface area contributed by atoms with Gasteiger partial charge < -0.3 is 10.2 Å². The number of nitrogens with one attached hydrogen (secondary N) is 1. The van der Waals surface area contributed by atoms with Crippen molar-refractivity contribution in [2.45, 2.75) is 12.8 Å². The minimum absolute atomic E-state index is 0.00534. The first-order valence-electron chi connectivity index (χ1n) is 6.54. The summed E-state index contributed by atoms with van der Waals surface area (Å²) in [5.41, 5.74) is 2.45. The number of hydrogen-bond donors (Lipinski definition) is 1. The fraction of sp³-hybridized carbons (Fsp3) is 0.429. The molecule has 19 heavy (non-hydrogen) atoms. The van der Waals surface area contributed by atoms with E-state index in [9.17, 15) is 9.59 Å². The Bertz CT molecular complexity index is 522. The van der Waals surface area contributed by atoms with E-state index in [-0.39, 0.29) is 11.8 Å². The van der Waals surface area contributed by atoms with Crippen LogP contribution in [-0.2, 0) is 11.2 Å². The third-order valence-corrected chi connectivity index (χ3v) is 4.54. The van der Waals surface area contributed by atoms with Crippen molar-refractivity contribution in [1.82, 2.24) is 4.90 Å². The van der Waals surface area contributed by atoms with Crippen LogP contribution in [0.4, 0.5) is 5.69 Å². The Labute approximate surface area is 116 Å². The first-order valence-corrected chi connectivity index (χ1v) is 7.69. The first kappa shape index (κ1) is 12.5. The summed E-state index contributed by atoms with van der Waals surface area (Å²) in [5, 5.41) is 2.79. The van der Waals surface area contributed by atoms with Crippen LogP contribution in [-0.4, -0.2) is 41.3 Å². The average molecular weight is 276 g/mol. The van der Waals surface area contributed by atoms with Gasteiger partial charge in [-0.3, -0.25) is 9.59 Å². The Hall–Kier alpha value is -1.49. The predicted octanol–water partition coefficient (Wildman–Crippen LogP) is 1.76. The van der Waals surface area contributed by atoms with Gasteiger partial charge in [0.25, 0.3) is 5.91 Å². The molecule has 1 N–H and O–H groups in total. The lowest BCUT2D eigenvalue weighted by Crippen LogP contribution is -2.32. The lowest BCUT2D eigenvalue weighted by atomic mass is 10.1. The van der Waals surface area contributed by atoms with Crippen molar-refractivity contribution in [3.8, 4) is 0 Å². The Kier molecular flexibility index (Phi) is 3.46. The molecule has 2 aliphatic heterocycles. The SMILES string of the molecule is O=C1Cc2ccc(C(=O)N3CCCSCC3)cc2N1. The van der Waals surface area contributed by atoms with Crippen LogP contribution in [0.1, 0.15) is 22.3 Å². The molecular weight excluding hydrogens is 260 g/mol. The molecule has 1 fully saturated rings. The largest absolute Gasteiger partial charge is 0.338 e. The fourth-order valence-electron chi connectivity index (χ4n) is 2.48. The van der Waals surface area contributed by atoms with Crippen molar-refractivity contribution < 1.29 is 9.59 Å². The number of thioether (sulfide) groups is 1. The maximum absolute atomic E-state index is 12.4. The summed E-state index contributed by atoms with van der Waals surface area (Å²) in [6.45, 7) is 1.64. The Morgan fingerprint density at radius 2 is 2.16 bits per heavy atom. The number of anilines is 1. The average Bonchev–Trinajstić information content (AvgIpc) is 2.63. The van der Waals surface area contributed by atoms with Crippen LogP contribution in [0.2, 0.25) is 0 Å². The van der Waals surface area contributed by atoms with Crippen LogP contribution in [0.5, 0.6) is 0 Å². The van der Waals surface area contributed by atoms with Gasteiger partial charge in [0.15, 0.2) is 0 Å². The Morgan fingerprint density at radius 3 is 3.05 bits per heavy atom. The van der Waals surface area contributed by atoms with Crippen LogP contribution in [0.15, 0.2) is 18.2 Å². The summed E-state index contributed by atoms with van der Waals surface area (Å²) >= 11 is 1.90. The topological polar surface area (TPSA) is 49.4 Å². The molecule has 0 aromatic heterocycles. The molecule has 5 heteroatoms. The van der Waals surface area contributed by atoms with E-state index in [0.29, 0.717) is 12.0 Å². The zero-order chi connectivity index (χ0) is 13.2. The zero-order valence-electron chi connectivity index (χ0n) is 10.6. The highest BCUT2D eigenvalue weighted by Gasteiger charge is 2.22. The van der Waals surface area contributed by atoms with Crippen molar-refractivity contribution in [3.05, 3.63) is 29.3 Å². The fourth-order valence-corrected chi connectivity index (χ4v) is 3.37. The number of amides is 2. The molecule has 0 aliphatic carbocycles. The van der Waals surface area contributed by atoms with E-state index < -0.39 is 0 Å². The molecule has 0 bridgehead atoms. The highest BCUT2D eigenvalue weighted by Crippen LogP contribution is 2.25. The summed E-state index contributed by atoms with van der Waals surface area (Å²) in [6, 6.07) is 5.52. The molecule has 1 saturated heterocycles. The maximum Gasteiger partial charge on any atom is 0.253 e. The minimum Gasteiger partial charge on any atom is -0.338 e. The molecular formula is C14H16N2O2S. The van der Waals surface area contributed by atoms with Gasteiger partial charge in [0.2, 0.25) is 5.91 Å². The standard InChI is InChI=1S/C14H16N2O2S/c17-13-9-10-2-3-11(8-12(10)15-13)14(18)16-4-1-6-19-7-5-16/h2-3,8H,1,4-7,9H2,(H,15,17). The molecule has 1 aromatic rings. The zero-order valence-corrected chi connectivity index (χ0v) is 11.5. The van der Waals surface area contributed by atoms with E-state index in [1.165, 1.54) is 0 Å². The molecule has 3 rings (SSSR count). The number of rotatable bonds is 1. The Balaban J connectivity index is 1.80. The lowest BCUT2D eigenvalue weighted by Gasteiger charge is -2.20. The molecule has 2 heterocycles. The van der Waals surface area contributed by atoms with Gasteiger partial charge in [-0.15, -0.1) is 0 Å². The van der Waals surface area contributed by atoms with Crippen molar-refractivity contribution in [3.63, 3.8) is 0 Å². The third-order valence-electron chi connectivity index (χ3n) is 3.49. The molecule has 4 nitrogen and oxygen atoms in total. The summed E-state index contributed by atoms with van der Waals surface area (Å²) in [6.07, 6.45) is 1.47. The molecule has 0 atom stereocenters. The van der Waals surface area contributed by atoms with Crippen molar-refractivity contribution >= 4 is 29.3 Å². The first-order chi connectivity index (χ1) is 9.24. The highest BCUT2D eigenvalue weighted by molar-refractivity contribution is 7.99. The second kappa shape index (κ2) is 5.25. The number of fused-ring (bicyclic) bond motifs is 1. The number of benzene rings is 1. The van der Waals surface area contributed by atoms with Crippen LogP contribution >= 0.6 is 11.8 Å². The van der Waals surface area contributed by atoms with Gasteiger partial charge >= 0.3 is 0 Å². The van der Waals surface area contributed by atoms with E-state index in [1.54, 1.807) is 6.07 Å². The van der Waals surface area contributed by atoms with Crippen LogP contribution < -0.4 is 5.32 Å². The van der Waals surface area contributed by atoms with Crippen LogP contribution in [0.3, 0.4) is 0 Å². The van der Waals surface area contributed by atoms with Crippen LogP contribution in [0.25, 0.3) is 0 Å². The molecule has 100 valence electrons. The maximum atomic E-state index is 12.4. The van der Waals surface area contributed by atoms with Gasteiger partial charge in [-0.05, 0) is 29.9 Å². The molecule has 0 spiro atoms. The number of carbonyl (C=O) groups excluding carboxylic acids is 2. The van der Waals surface area contributed by atoms with E-state index >= 15 is 0 Å². The van der Waals surface area contributed by atoms with Gasteiger partial charge in [-0.2, -0.15) is 11.8 Å². The number of carbonyl (C=O) groups is 2. The minimum atomic E-state index is 0.00534. The van der Waals surface area contributed by atoms with Gasteiger partial charge in [0, 0.05) is 30.1 Å². The van der Waals surface area contributed by atoms with E-state index in [1.807, 2.05) is 28.8 Å². The quantitative estimate of drug-likeness (QED) is 0.850. The number of hydrogen-bond acceptors (Lipinski definition) is 3. The second-order valence-corrected chi connectivity index (χ2v) is 6.08. The van der Waals surface area contributed by atoms with Gasteiger partial charge in [-0.1, -0.05) is 6.07 Å². The van der Waals surface area contributed by atoms with Crippen molar-refractivity contribution in [1.29, 1.82) is 0 Å². The highest BCUT2D eigenvalue weighted by atomic mass is 32.2. The Morgan fingerprint density at radius 1 is 1.26 bits per heavy atom. The van der Waals surface area contributed by atoms with Gasteiger partial charge in [-0.25, -0.2) is 0 Å². The summed E-state index contributed by atoms with van der Waals surface area (Å²) < 4.78 is 0. The number of nitrogens with zero attached hydrogens (tertiary/aromatic N) is 1. The summed E-state index contributed by atoms with van der Waals surface area (Å²) in [5.74, 6) is 2.22. The van der Waals surface area contributed by atoms with Crippen LogP contribution in [0, 0.1) is 0 Å². The molecule has 0 saturated carbocycles. The van der Waals surface area contributed by atoms with Gasteiger partial charge in [0.05, 0.1) is 6.42 Å². The van der Waals surface area contributed by atoms with E-state index in [0.717, 1.165) is 42.3 Å². The molecule has 2 aliphatic rings. The molecule has 2 amide bonds. The monoisotopic (exact) mass is 276 g/mol. The predicted molar refractivity (Wildman–Crippen MR) is 76.6 cm³/mol. The van der Waals surface area contributed by atoms with Crippen molar-refractivity contribution in [2.24, 2.45) is 0 Å². The normalized spacial score (nSPS) is 18.7. The molecule has 1 aromatic carbocycles. The summed E-state index contributed by atoms with van der Waals surface area (Å²) in [7, 11) is 0. The third kappa shape index (κ3) is 2.61.